The van der Waals surface area contributed by atoms with Gasteiger partial charge in [0, 0.05) is 17.8 Å². The van der Waals surface area contributed by atoms with Crippen molar-refractivity contribution in [2.75, 3.05) is 11.1 Å². The van der Waals surface area contributed by atoms with Gasteiger partial charge in [0.05, 0.1) is 16.7 Å². The van der Waals surface area contributed by atoms with Crippen molar-refractivity contribution in [3.8, 4) is 11.1 Å². The topological polar surface area (TPSA) is 64.0 Å². The summed E-state index contributed by atoms with van der Waals surface area (Å²) < 4.78 is 1.55. The molecule has 1 N–H and O–H groups in total. The second-order valence-electron chi connectivity index (χ2n) is 6.86. The van der Waals surface area contributed by atoms with E-state index in [0.29, 0.717) is 22.6 Å². The zero-order valence-electron chi connectivity index (χ0n) is 16.8. The second kappa shape index (κ2) is 9.45. The molecule has 0 unspecified atom stereocenters. The number of fused-ring (bicyclic) bond motifs is 1. The molecular formula is C25H21N3O2S. The van der Waals surface area contributed by atoms with Gasteiger partial charge in [-0.05, 0) is 23.8 Å². The molecule has 4 aromatic rings. The van der Waals surface area contributed by atoms with Crippen LogP contribution in [0.15, 0.2) is 101 Å². The summed E-state index contributed by atoms with van der Waals surface area (Å²) in [4.78, 5) is 30.2. The fraction of sp³-hybridized carbons (Fsp3) is 0.0800. The molecule has 1 heterocycles. The highest BCUT2D eigenvalue weighted by atomic mass is 32.2. The van der Waals surface area contributed by atoms with E-state index < -0.39 is 0 Å². The average molecular weight is 428 g/mol. The van der Waals surface area contributed by atoms with E-state index in [1.54, 1.807) is 22.8 Å². The number of nitrogens with zero attached hydrogens (tertiary/aromatic N) is 2. The highest BCUT2D eigenvalue weighted by Crippen LogP contribution is 2.28. The van der Waals surface area contributed by atoms with Crippen molar-refractivity contribution in [1.29, 1.82) is 0 Å². The van der Waals surface area contributed by atoms with Gasteiger partial charge in [-0.3, -0.25) is 14.2 Å². The van der Waals surface area contributed by atoms with Crippen LogP contribution in [0.4, 0.5) is 5.69 Å². The number of hydrogen-bond acceptors (Lipinski definition) is 4. The first-order valence-electron chi connectivity index (χ1n) is 9.85. The summed E-state index contributed by atoms with van der Waals surface area (Å²) >= 11 is 1.24. The predicted octanol–water partition coefficient (Wildman–Crippen LogP) is 4.98. The first-order valence-corrected chi connectivity index (χ1v) is 10.8. The number of benzene rings is 3. The largest absolute Gasteiger partial charge is 0.325 e. The van der Waals surface area contributed by atoms with Crippen molar-refractivity contribution in [3.63, 3.8) is 0 Å². The van der Waals surface area contributed by atoms with Crippen molar-refractivity contribution < 1.29 is 4.79 Å². The third-order valence-electron chi connectivity index (χ3n) is 4.76. The molecule has 0 saturated heterocycles. The number of para-hydroxylation sites is 2. The first-order chi connectivity index (χ1) is 15.2. The van der Waals surface area contributed by atoms with Crippen molar-refractivity contribution in [1.82, 2.24) is 9.55 Å². The Morgan fingerprint density at radius 3 is 2.52 bits per heavy atom. The Kier molecular flexibility index (Phi) is 6.29. The molecule has 0 aliphatic rings. The summed E-state index contributed by atoms with van der Waals surface area (Å²) in [6, 6.07) is 24.8. The van der Waals surface area contributed by atoms with E-state index >= 15 is 0 Å². The molecule has 0 saturated carbocycles. The number of thioether (sulfide) groups is 1. The maximum Gasteiger partial charge on any atom is 0.262 e. The number of carbonyl (C=O) groups is 1. The van der Waals surface area contributed by atoms with Crippen LogP contribution in [0.3, 0.4) is 0 Å². The molecule has 154 valence electrons. The van der Waals surface area contributed by atoms with Crippen molar-refractivity contribution in [2.24, 2.45) is 0 Å². The van der Waals surface area contributed by atoms with Crippen LogP contribution in [0.1, 0.15) is 0 Å². The van der Waals surface area contributed by atoms with Crippen LogP contribution in [0, 0.1) is 0 Å². The van der Waals surface area contributed by atoms with E-state index in [1.165, 1.54) is 11.8 Å². The molecule has 6 heteroatoms. The summed E-state index contributed by atoms with van der Waals surface area (Å²) in [5.41, 5.74) is 3.21. The minimum absolute atomic E-state index is 0.130. The third kappa shape index (κ3) is 4.59. The standard InChI is InChI=1S/C25H21N3O2S/c1-2-16-28-24(30)20-13-7-9-15-22(20)27-25(28)31-17-23(29)26-21-14-8-6-12-19(21)18-10-4-3-5-11-18/h2-15H,1,16-17H2,(H,26,29). The molecule has 31 heavy (non-hydrogen) atoms. The Hall–Kier alpha value is -3.64. The van der Waals surface area contributed by atoms with E-state index in [0.717, 1.165) is 16.8 Å². The molecule has 0 fully saturated rings. The highest BCUT2D eigenvalue weighted by molar-refractivity contribution is 7.99. The zero-order valence-corrected chi connectivity index (χ0v) is 17.6. The number of nitrogens with one attached hydrogen (secondary N) is 1. The number of rotatable bonds is 7. The van der Waals surface area contributed by atoms with Crippen LogP contribution in [0.2, 0.25) is 0 Å². The van der Waals surface area contributed by atoms with Gasteiger partial charge in [-0.2, -0.15) is 0 Å². The lowest BCUT2D eigenvalue weighted by Crippen LogP contribution is -2.23. The molecule has 1 amide bonds. The quantitative estimate of drug-likeness (QED) is 0.257. The Balaban J connectivity index is 1.55. The molecule has 0 spiro atoms. The lowest BCUT2D eigenvalue weighted by Gasteiger charge is -2.13. The Labute approximate surface area is 184 Å². The van der Waals surface area contributed by atoms with E-state index in [1.807, 2.05) is 66.7 Å². The Morgan fingerprint density at radius 2 is 1.71 bits per heavy atom. The van der Waals surface area contributed by atoms with Crippen LogP contribution < -0.4 is 10.9 Å². The zero-order chi connectivity index (χ0) is 21.6. The molecule has 0 aliphatic carbocycles. The average Bonchev–Trinajstić information content (AvgIpc) is 2.81. The monoisotopic (exact) mass is 427 g/mol. The normalized spacial score (nSPS) is 10.7. The second-order valence-corrected chi connectivity index (χ2v) is 7.81. The van der Waals surface area contributed by atoms with Crippen LogP contribution in [-0.2, 0) is 11.3 Å². The fourth-order valence-electron chi connectivity index (χ4n) is 3.33. The van der Waals surface area contributed by atoms with Crippen molar-refractivity contribution in [2.45, 2.75) is 11.7 Å². The minimum atomic E-state index is -0.166. The van der Waals surface area contributed by atoms with Gasteiger partial charge in [0.15, 0.2) is 5.16 Å². The van der Waals surface area contributed by atoms with Gasteiger partial charge in [0.25, 0.3) is 5.56 Å². The van der Waals surface area contributed by atoms with Gasteiger partial charge in [-0.15, -0.1) is 6.58 Å². The number of aromatic nitrogens is 2. The predicted molar refractivity (Wildman–Crippen MR) is 127 cm³/mol. The lowest BCUT2D eigenvalue weighted by molar-refractivity contribution is -0.113. The fourth-order valence-corrected chi connectivity index (χ4v) is 4.13. The maximum atomic E-state index is 12.8. The summed E-state index contributed by atoms with van der Waals surface area (Å²) in [7, 11) is 0. The van der Waals surface area contributed by atoms with E-state index in [4.69, 9.17) is 0 Å². The summed E-state index contributed by atoms with van der Waals surface area (Å²) in [6.45, 7) is 4.06. The first kappa shape index (κ1) is 20.6. The number of carbonyl (C=O) groups excluding carboxylic acids is 1. The van der Waals surface area contributed by atoms with Gasteiger partial charge in [-0.1, -0.05) is 78.5 Å². The highest BCUT2D eigenvalue weighted by Gasteiger charge is 2.13. The summed E-state index contributed by atoms with van der Waals surface area (Å²) in [5.74, 6) is -0.0358. The van der Waals surface area contributed by atoms with Crippen LogP contribution in [0.25, 0.3) is 22.0 Å². The third-order valence-corrected chi connectivity index (χ3v) is 5.73. The summed E-state index contributed by atoms with van der Waals surface area (Å²) in [5, 5.41) is 4.03. The van der Waals surface area contributed by atoms with E-state index in [-0.39, 0.29) is 17.2 Å². The number of hydrogen-bond donors (Lipinski definition) is 1. The maximum absolute atomic E-state index is 12.8. The molecule has 0 aliphatic heterocycles. The van der Waals surface area contributed by atoms with Crippen molar-refractivity contribution >= 4 is 34.3 Å². The van der Waals surface area contributed by atoms with E-state index in [2.05, 4.69) is 16.9 Å². The molecule has 0 atom stereocenters. The van der Waals surface area contributed by atoms with Gasteiger partial charge >= 0.3 is 0 Å². The molecule has 3 aromatic carbocycles. The molecule has 4 rings (SSSR count). The number of allylic oxidation sites excluding steroid dienone is 1. The SMILES string of the molecule is C=CCn1c(SCC(=O)Nc2ccccc2-c2ccccc2)nc2ccccc2c1=O. The van der Waals surface area contributed by atoms with Gasteiger partial charge < -0.3 is 5.32 Å². The van der Waals surface area contributed by atoms with Crippen molar-refractivity contribution in [3.05, 3.63) is 102 Å². The number of anilines is 1. The molecule has 5 nitrogen and oxygen atoms in total. The van der Waals surface area contributed by atoms with Gasteiger partial charge in [-0.25, -0.2) is 4.98 Å². The Morgan fingerprint density at radius 1 is 1.00 bits per heavy atom. The smallest absolute Gasteiger partial charge is 0.262 e. The molecular weight excluding hydrogens is 406 g/mol. The molecule has 1 aromatic heterocycles. The summed E-state index contributed by atoms with van der Waals surface area (Å²) in [6.07, 6.45) is 1.65. The minimum Gasteiger partial charge on any atom is -0.325 e. The van der Waals surface area contributed by atoms with E-state index in [9.17, 15) is 9.59 Å². The number of amides is 1. The molecule has 0 bridgehead atoms. The Bertz CT molecular complexity index is 1300. The molecule has 0 radical (unpaired) electrons. The van der Waals surface area contributed by atoms with Gasteiger partial charge in [0.1, 0.15) is 0 Å². The van der Waals surface area contributed by atoms with Crippen LogP contribution in [-0.4, -0.2) is 21.2 Å². The lowest BCUT2D eigenvalue weighted by atomic mass is 10.0. The van der Waals surface area contributed by atoms with Crippen LogP contribution in [0.5, 0.6) is 0 Å². The van der Waals surface area contributed by atoms with Crippen LogP contribution >= 0.6 is 11.8 Å². The van der Waals surface area contributed by atoms with Gasteiger partial charge in [0.2, 0.25) is 5.91 Å².